The Kier molecular flexibility index (Phi) is 8.58. The van der Waals surface area contributed by atoms with Gasteiger partial charge < -0.3 is 37.9 Å². The van der Waals surface area contributed by atoms with Gasteiger partial charge in [0, 0.05) is 186 Å². The van der Waals surface area contributed by atoms with Gasteiger partial charge in [-0.3, -0.25) is 38.8 Å². The molecule has 4 aromatic carbocycles. The molecule has 8 aliphatic heterocycles. The lowest BCUT2D eigenvalue weighted by molar-refractivity contribution is -0.130. The van der Waals surface area contributed by atoms with E-state index in [4.69, 9.17) is 127 Å². The molecule has 94 heavy (non-hydrogen) atoms. The number of carbonyl (C=O) groups excluding carboxylic acids is 4. The van der Waals surface area contributed by atoms with Crippen LogP contribution >= 0.6 is 0 Å². The van der Waals surface area contributed by atoms with Crippen LogP contribution in [0.5, 0.6) is 46.0 Å². The van der Waals surface area contributed by atoms with E-state index in [1.54, 1.807) is 13.8 Å². The van der Waals surface area contributed by atoms with Crippen molar-refractivity contribution in [2.75, 3.05) is 109 Å². The summed E-state index contributed by atoms with van der Waals surface area (Å²) < 4.78 is 608. The standard InChI is InChI=1S/2C20H29NO3.2C19H27NO3/c2*1-5-13(2)8-15-12-21-7-6-14-9-19(23-3)20(24-4)10-16(14)17(21)11-18(15)22;2*1-12(2)7-14-11-20-6-5-13-8-18(22-3)19(23-4)9-15(13)16(20)10-17(14)21/h2*9-10,13,15,17H,5-8,11-12H2,1-4H3;2*8-9,12,14,16H,5-7,10-11H2,1-4H3/i2D3,4D3,5D2,6D2,7D2,8D2,9D,10D,11D2,13D,15D,17D;2D3,4D3,5D2,6D2,7D2,8D2,9D,10D,12D2,13D,17D;4D3,5D2,6D2,8D,9D,10D2,11D2,14D,16D;4D3,5D2,6D2,8D,9D,11D2,16D. The van der Waals surface area contributed by atoms with Crippen LogP contribution in [0.3, 0.4) is 0 Å². The van der Waals surface area contributed by atoms with E-state index in [9.17, 15) is 23.3 Å². The minimum Gasteiger partial charge on any atom is -0.493 e. The molecule has 4 fully saturated rings. The molecule has 0 N–H and O–H groups in total. The van der Waals surface area contributed by atoms with E-state index < -0.39 is 404 Å². The summed E-state index contributed by atoms with van der Waals surface area (Å²) in [5.74, 6) is -33.7. The first kappa shape index (κ1) is 24.7. The number of Topliss-reactive ketones (excluding diaryl/α,β-unsaturated/α-hetero) is 4. The van der Waals surface area contributed by atoms with E-state index in [0.29, 0.717) is 18.7 Å². The fourth-order valence-corrected chi connectivity index (χ4v) is 9.68. The van der Waals surface area contributed by atoms with Crippen LogP contribution in [0, 0.1) is 47.2 Å². The van der Waals surface area contributed by atoms with Crippen molar-refractivity contribution >= 4 is 23.1 Å². The summed E-state index contributed by atoms with van der Waals surface area (Å²) in [4.78, 5) is 54.2. The Morgan fingerprint density at radius 3 is 1.21 bits per heavy atom. The summed E-state index contributed by atoms with van der Waals surface area (Å²) in [6.45, 7) is -27.0. The largest absolute Gasteiger partial charge is 0.493 e. The maximum absolute atomic E-state index is 14.0. The number of benzene rings is 4. The fourth-order valence-electron chi connectivity index (χ4n) is 9.68. The smallest absolute Gasteiger partial charge is 0.161 e. The van der Waals surface area contributed by atoms with Crippen LogP contribution in [-0.2, 0) is 44.7 Å². The molecule has 16 heteroatoms. The molecule has 0 aliphatic carbocycles. The zero-order valence-corrected chi connectivity index (χ0v) is 52.0. The van der Waals surface area contributed by atoms with E-state index >= 15 is 0 Å². The van der Waals surface area contributed by atoms with Crippen molar-refractivity contribution in [2.45, 2.75) is 169 Å². The van der Waals surface area contributed by atoms with Gasteiger partial charge in [0.05, 0.1) is 89.5 Å². The monoisotopic (exact) mass is 1370 g/mol. The molecule has 0 spiro atoms. The van der Waals surface area contributed by atoms with E-state index in [1.165, 1.54) is 13.8 Å². The highest BCUT2D eigenvalue weighted by Crippen LogP contribution is 2.48. The number of methoxy groups -OCH3 is 8. The average molecular weight is 1370 g/mol. The van der Waals surface area contributed by atoms with Gasteiger partial charge in [-0.1, -0.05) is 68.0 Å². The zero-order valence-electron chi connectivity index (χ0n) is 120. The highest BCUT2D eigenvalue weighted by molar-refractivity contribution is 5.85. The van der Waals surface area contributed by atoms with Crippen LogP contribution < -0.4 is 37.9 Å². The van der Waals surface area contributed by atoms with Crippen LogP contribution in [0.25, 0.3) is 0 Å². The van der Waals surface area contributed by atoms with Crippen LogP contribution in [0.1, 0.15) is 281 Å². The van der Waals surface area contributed by atoms with Crippen LogP contribution in [0.2, 0.25) is 0 Å². The van der Waals surface area contributed by atoms with E-state index in [1.807, 2.05) is 0 Å². The predicted octanol–water partition coefficient (Wildman–Crippen LogP) is 13.7. The van der Waals surface area contributed by atoms with Gasteiger partial charge in [-0.2, -0.15) is 0 Å². The third-order valence-corrected chi connectivity index (χ3v) is 14.1. The minimum atomic E-state index is -4.22. The van der Waals surface area contributed by atoms with Gasteiger partial charge in [0.1, 0.15) is 23.1 Å². The van der Waals surface area contributed by atoms with Gasteiger partial charge in [0.15, 0.2) is 46.0 Å². The Hall–Kier alpha value is -6.20. The number of fused-ring (bicyclic) bond motifs is 12. The highest BCUT2D eigenvalue weighted by atomic mass is 16.5. The normalized spacial score (nSPS) is 49.0. The van der Waals surface area contributed by atoms with Crippen LogP contribution in [-0.4, -0.2) is 151 Å². The first-order valence-electron chi connectivity index (χ1n) is 62.3. The summed E-state index contributed by atoms with van der Waals surface area (Å²) >= 11 is 0. The molecule has 12 rings (SSSR count). The Bertz CT molecular complexity index is 6510. The highest BCUT2D eigenvalue weighted by Gasteiger charge is 2.43. The van der Waals surface area contributed by atoms with Crippen molar-refractivity contribution in [1.82, 2.24) is 19.6 Å². The van der Waals surface area contributed by atoms with Gasteiger partial charge in [-0.05, 0) is 168 Å². The van der Waals surface area contributed by atoms with E-state index in [2.05, 4.69) is 0 Å². The van der Waals surface area contributed by atoms with E-state index in [-0.39, 0.29) is 27.0 Å². The summed E-state index contributed by atoms with van der Waals surface area (Å²) in [7, 11) is -9.35. The molecular formula is C78H112N4O12. The fraction of sp³-hybridized carbons (Fsp3) is 0.641. The molecule has 8 aliphatic rings. The molecule has 8 heterocycles. The lowest BCUT2D eigenvalue weighted by Crippen LogP contribution is -2.46. The minimum absolute atomic E-state index is 0.0117. The number of rotatable bonds is 18. The third kappa shape index (κ3) is 16.4. The van der Waals surface area contributed by atoms with E-state index in [0.717, 1.165) is 28.4 Å². The molecule has 0 radical (unpaired) electrons. The van der Waals surface area contributed by atoms with Gasteiger partial charge in [0.2, 0.25) is 0 Å². The Labute approximate surface area is 657 Å². The summed E-state index contributed by atoms with van der Waals surface area (Å²) in [5.41, 5.74) is -8.47. The Balaban J connectivity index is 0.000000239. The second-order valence-corrected chi connectivity index (χ2v) is 21.2. The van der Waals surface area contributed by atoms with Crippen molar-refractivity contribution < 1.29 is 150 Å². The van der Waals surface area contributed by atoms with Crippen molar-refractivity contribution in [3.05, 3.63) is 92.8 Å². The maximum Gasteiger partial charge on any atom is 0.161 e. The molecule has 4 aromatic rings. The lowest BCUT2D eigenvalue weighted by atomic mass is 9.79. The second kappa shape index (κ2) is 32.7. The molecule has 10 atom stereocenters. The van der Waals surface area contributed by atoms with Gasteiger partial charge in [-0.25, -0.2) is 0 Å². The number of ketones is 4. The van der Waals surface area contributed by atoms with Crippen molar-refractivity contribution in [1.29, 1.82) is 0 Å². The number of hydrogen-bond donors (Lipinski definition) is 0. The number of piperidine rings is 4. The first-order chi connectivity index (χ1) is 71.3. The average Bonchev–Trinajstić information content (AvgIpc) is 0.634. The van der Waals surface area contributed by atoms with Gasteiger partial charge in [0.25, 0.3) is 0 Å². The predicted molar refractivity (Wildman–Crippen MR) is 370 cm³/mol. The molecule has 0 saturated carbocycles. The summed E-state index contributed by atoms with van der Waals surface area (Å²) in [6, 6.07) is -22.0. The third-order valence-electron chi connectivity index (χ3n) is 14.1. The zero-order chi connectivity index (χ0) is 127. The Morgan fingerprint density at radius 2 is 0.819 bits per heavy atom. The molecule has 0 amide bonds. The maximum atomic E-state index is 14.0. The van der Waals surface area contributed by atoms with Crippen molar-refractivity contribution in [2.24, 2.45) is 47.2 Å². The topological polar surface area (TPSA) is 155 Å². The van der Waals surface area contributed by atoms with Gasteiger partial charge >= 0.3 is 0 Å². The molecule has 10 unspecified atom stereocenters. The molecule has 16 nitrogen and oxygen atoms in total. The van der Waals surface area contributed by atoms with Gasteiger partial charge in [-0.15, -0.1) is 0 Å². The number of nitrogens with zero attached hydrogens (tertiary/aromatic N) is 4. The van der Waals surface area contributed by atoms with Crippen LogP contribution in [0.15, 0.2) is 48.3 Å². The number of ether oxygens (including phenoxy) is 8. The van der Waals surface area contributed by atoms with Crippen molar-refractivity contribution in [3.8, 4) is 46.0 Å². The molecular weight excluding hydrogens is 1180 g/mol. The molecule has 516 valence electrons. The number of hydrogen-bond acceptors (Lipinski definition) is 16. The first-order valence-corrected chi connectivity index (χ1v) is 28.3. The second-order valence-electron chi connectivity index (χ2n) is 21.2. The quantitative estimate of drug-likeness (QED) is 0.0926. The molecule has 4 saturated heterocycles. The molecule has 0 bridgehead atoms. The lowest BCUT2D eigenvalue weighted by Gasteiger charge is -2.43. The molecule has 0 aromatic heterocycles. The summed E-state index contributed by atoms with van der Waals surface area (Å²) in [5, 5.41) is 0. The van der Waals surface area contributed by atoms with Crippen LogP contribution in [0.4, 0.5) is 0 Å². The SMILES string of the molecule is [2H]c1c(OC([2H])([2H])[2H])c(OC)c([2H])c2c1C1([2H])CC(=O)C(C([2H])([2H])C([2H])(C([2H])([2H])[2H])C([2H])([2H])C)C([2H])([2H])N1C([2H])([2H])C2([2H])[2H].[2H]c1c(OC([2H])([2H])[2H])c(OC)c([2H])c2c1C1([2H])CC(=O)C(CC(C)C)C([2H])([2H])N1C([2H])([2H])C2([2H])[2H].[2H]c1c(OC)c(OC([2H])([2H])[2H])c([2H])c2c1C([2H])([2H])C([2H])([2H])N1C([2H])([2H])C([2H])(CC(C)C)C(=O)C([2H])([2H])C21[2H].[2H]c1c(OC)c(OC([2H])([2H])[2H])c([2H])c2c1C([2H])([2H])C([2H])([2H])N1CC([2H])(C([2H])([2H])C([2H])(C([2H])([2H])[2H])C([2H])([2H])C)C(=O)C([2H])([2H])C21[2H]. The summed E-state index contributed by atoms with van der Waals surface area (Å²) in [6.07, 6.45) is -39.4. The number of carbonyl (C=O) groups is 4. The van der Waals surface area contributed by atoms with Crippen molar-refractivity contribution in [3.63, 3.8) is 0 Å². The Morgan fingerprint density at radius 1 is 0.468 bits per heavy atom.